The quantitative estimate of drug-likeness (QED) is 0.461. The highest BCUT2D eigenvalue weighted by Crippen LogP contribution is 2.35. The summed E-state index contributed by atoms with van der Waals surface area (Å²) in [4.78, 5) is 0. The van der Waals surface area contributed by atoms with Crippen molar-refractivity contribution in [2.24, 2.45) is 5.41 Å². The van der Waals surface area contributed by atoms with Gasteiger partial charge >= 0.3 is 0 Å². The highest BCUT2D eigenvalue weighted by Gasteiger charge is 2.25. The van der Waals surface area contributed by atoms with Crippen LogP contribution in [0.3, 0.4) is 0 Å². The van der Waals surface area contributed by atoms with Crippen molar-refractivity contribution in [3.05, 3.63) is 58.1 Å². The molecule has 4 heteroatoms. The van der Waals surface area contributed by atoms with Crippen molar-refractivity contribution < 1.29 is 9.47 Å². The second-order valence-corrected chi connectivity index (χ2v) is 9.93. The lowest BCUT2D eigenvalue weighted by Gasteiger charge is -2.33. The summed E-state index contributed by atoms with van der Waals surface area (Å²) in [5.41, 5.74) is 2.62. The first-order chi connectivity index (χ1) is 13.1. The van der Waals surface area contributed by atoms with Crippen LogP contribution in [0.15, 0.2) is 46.9 Å². The molecule has 2 rings (SSSR count). The fourth-order valence-corrected chi connectivity index (χ4v) is 4.01. The van der Waals surface area contributed by atoms with Gasteiger partial charge in [-0.3, -0.25) is 0 Å². The van der Waals surface area contributed by atoms with E-state index in [0.717, 1.165) is 40.1 Å². The van der Waals surface area contributed by atoms with Crippen molar-refractivity contribution in [1.82, 2.24) is 5.32 Å². The molecule has 3 nitrogen and oxygen atoms in total. The molecular weight excluding hydrogens is 414 g/mol. The van der Waals surface area contributed by atoms with Gasteiger partial charge < -0.3 is 14.8 Å². The molecule has 0 amide bonds. The normalized spacial score (nSPS) is 12.1. The minimum Gasteiger partial charge on any atom is -0.490 e. The van der Waals surface area contributed by atoms with Crippen molar-refractivity contribution in [2.45, 2.75) is 66.7 Å². The SMILES string of the molecule is CCOc1cc(CNC(C)(C)CC(C)(C)C)c(Br)cc1OCc1ccccc1. The molecule has 1 N–H and O–H groups in total. The Bertz CT molecular complexity index is 751. The Morgan fingerprint density at radius 1 is 0.929 bits per heavy atom. The average molecular weight is 448 g/mol. The van der Waals surface area contributed by atoms with Gasteiger partial charge in [-0.1, -0.05) is 67.0 Å². The molecule has 0 aromatic heterocycles. The Kier molecular flexibility index (Phi) is 7.97. The first-order valence-electron chi connectivity index (χ1n) is 9.96. The maximum absolute atomic E-state index is 6.05. The number of ether oxygens (including phenoxy) is 2. The fourth-order valence-electron chi connectivity index (χ4n) is 3.55. The molecular formula is C24H34BrNO2. The Morgan fingerprint density at radius 3 is 2.18 bits per heavy atom. The molecule has 2 aromatic carbocycles. The molecule has 0 aliphatic carbocycles. The van der Waals surface area contributed by atoms with Crippen LogP contribution >= 0.6 is 15.9 Å². The van der Waals surface area contributed by atoms with E-state index in [0.29, 0.717) is 13.2 Å². The molecule has 0 bridgehead atoms. The Morgan fingerprint density at radius 2 is 1.57 bits per heavy atom. The van der Waals surface area contributed by atoms with Crippen LogP contribution in [-0.2, 0) is 13.2 Å². The molecule has 0 unspecified atom stereocenters. The second-order valence-electron chi connectivity index (χ2n) is 9.07. The van der Waals surface area contributed by atoms with E-state index in [-0.39, 0.29) is 11.0 Å². The summed E-state index contributed by atoms with van der Waals surface area (Å²) in [7, 11) is 0. The van der Waals surface area contributed by atoms with Crippen LogP contribution in [-0.4, -0.2) is 12.1 Å². The molecule has 0 radical (unpaired) electrons. The van der Waals surface area contributed by atoms with E-state index in [1.165, 1.54) is 0 Å². The minimum atomic E-state index is 0.0476. The molecule has 0 aliphatic heterocycles. The van der Waals surface area contributed by atoms with E-state index in [2.05, 4.69) is 74.1 Å². The Balaban J connectivity index is 2.12. The maximum Gasteiger partial charge on any atom is 0.162 e. The van der Waals surface area contributed by atoms with Gasteiger partial charge in [-0.2, -0.15) is 0 Å². The molecule has 0 spiro atoms. The van der Waals surface area contributed by atoms with E-state index in [9.17, 15) is 0 Å². The molecule has 0 heterocycles. The first-order valence-corrected chi connectivity index (χ1v) is 10.8. The van der Waals surface area contributed by atoms with Gasteiger partial charge in [0.25, 0.3) is 0 Å². The summed E-state index contributed by atoms with van der Waals surface area (Å²) in [6.45, 7) is 15.2. The number of rotatable bonds is 9. The average Bonchev–Trinajstić information content (AvgIpc) is 2.59. The van der Waals surface area contributed by atoms with Gasteiger partial charge in [-0.25, -0.2) is 0 Å². The zero-order valence-corrected chi connectivity index (χ0v) is 19.7. The standard InChI is InChI=1S/C24H34BrNO2/c1-7-27-21-13-19(15-26-24(5,6)17-23(2,3)4)20(25)14-22(21)28-16-18-11-9-8-10-12-18/h8-14,26H,7,15-17H2,1-6H3. The predicted octanol–water partition coefficient (Wildman–Crippen LogP) is 6.73. The van der Waals surface area contributed by atoms with Crippen molar-refractivity contribution in [3.63, 3.8) is 0 Å². The number of hydrogen-bond acceptors (Lipinski definition) is 3. The molecule has 0 saturated heterocycles. The topological polar surface area (TPSA) is 30.5 Å². The molecule has 0 fully saturated rings. The van der Waals surface area contributed by atoms with Crippen LogP contribution in [0, 0.1) is 5.41 Å². The van der Waals surface area contributed by atoms with Gasteiger partial charge in [0, 0.05) is 16.6 Å². The van der Waals surface area contributed by atoms with E-state index >= 15 is 0 Å². The lowest BCUT2D eigenvalue weighted by molar-refractivity contribution is 0.240. The Hall–Kier alpha value is -1.52. The highest BCUT2D eigenvalue weighted by molar-refractivity contribution is 9.10. The van der Waals surface area contributed by atoms with Gasteiger partial charge in [0.15, 0.2) is 11.5 Å². The monoisotopic (exact) mass is 447 g/mol. The van der Waals surface area contributed by atoms with Gasteiger partial charge in [0.05, 0.1) is 6.61 Å². The third-order valence-corrected chi connectivity index (χ3v) is 5.12. The van der Waals surface area contributed by atoms with Crippen LogP contribution in [0.25, 0.3) is 0 Å². The van der Waals surface area contributed by atoms with Gasteiger partial charge in [0.1, 0.15) is 6.61 Å². The van der Waals surface area contributed by atoms with Crippen molar-refractivity contribution in [2.75, 3.05) is 6.61 Å². The smallest absolute Gasteiger partial charge is 0.162 e. The zero-order valence-electron chi connectivity index (χ0n) is 18.1. The summed E-state index contributed by atoms with van der Waals surface area (Å²) in [6.07, 6.45) is 1.09. The van der Waals surface area contributed by atoms with Gasteiger partial charge in [-0.15, -0.1) is 0 Å². The molecule has 2 aromatic rings. The number of halogens is 1. The number of hydrogen-bond donors (Lipinski definition) is 1. The van der Waals surface area contributed by atoms with Gasteiger partial charge in [0.2, 0.25) is 0 Å². The highest BCUT2D eigenvalue weighted by atomic mass is 79.9. The van der Waals surface area contributed by atoms with E-state index in [1.807, 2.05) is 31.2 Å². The Labute approximate surface area is 179 Å². The van der Waals surface area contributed by atoms with E-state index in [4.69, 9.17) is 9.47 Å². The fraction of sp³-hybridized carbons (Fsp3) is 0.500. The zero-order chi connectivity index (χ0) is 20.8. The summed E-state index contributed by atoms with van der Waals surface area (Å²) in [6, 6.07) is 14.3. The summed E-state index contributed by atoms with van der Waals surface area (Å²) < 4.78 is 12.9. The molecule has 0 atom stereocenters. The van der Waals surface area contributed by atoms with Crippen LogP contribution in [0.5, 0.6) is 11.5 Å². The summed E-state index contributed by atoms with van der Waals surface area (Å²) in [5, 5.41) is 3.69. The molecule has 154 valence electrons. The van der Waals surface area contributed by atoms with Crippen molar-refractivity contribution in [3.8, 4) is 11.5 Å². The lowest BCUT2D eigenvalue weighted by Crippen LogP contribution is -2.41. The molecule has 28 heavy (non-hydrogen) atoms. The lowest BCUT2D eigenvalue weighted by atomic mass is 9.82. The van der Waals surface area contributed by atoms with Gasteiger partial charge in [-0.05, 0) is 55.9 Å². The predicted molar refractivity (Wildman–Crippen MR) is 121 cm³/mol. The number of nitrogens with one attached hydrogen (secondary N) is 1. The van der Waals surface area contributed by atoms with Crippen LogP contribution in [0.4, 0.5) is 0 Å². The van der Waals surface area contributed by atoms with E-state index < -0.39 is 0 Å². The first kappa shape index (κ1) is 22.8. The largest absolute Gasteiger partial charge is 0.490 e. The summed E-state index contributed by atoms with van der Waals surface area (Å²) in [5.74, 6) is 1.54. The number of benzene rings is 2. The third kappa shape index (κ3) is 7.48. The van der Waals surface area contributed by atoms with Crippen LogP contribution in [0.2, 0.25) is 0 Å². The van der Waals surface area contributed by atoms with Crippen molar-refractivity contribution in [1.29, 1.82) is 0 Å². The molecule has 0 saturated carbocycles. The second kappa shape index (κ2) is 9.80. The molecule has 0 aliphatic rings. The van der Waals surface area contributed by atoms with Crippen LogP contribution < -0.4 is 14.8 Å². The maximum atomic E-state index is 6.05. The van der Waals surface area contributed by atoms with Crippen LogP contribution in [0.1, 0.15) is 59.1 Å². The minimum absolute atomic E-state index is 0.0476. The summed E-state index contributed by atoms with van der Waals surface area (Å²) >= 11 is 3.71. The third-order valence-electron chi connectivity index (χ3n) is 4.38. The van der Waals surface area contributed by atoms with Crippen molar-refractivity contribution >= 4 is 15.9 Å². The van der Waals surface area contributed by atoms with E-state index in [1.54, 1.807) is 0 Å².